The summed E-state index contributed by atoms with van der Waals surface area (Å²) in [5.41, 5.74) is 0.883. The highest BCUT2D eigenvalue weighted by Crippen LogP contribution is 2.30. The molecule has 2 rings (SSSR count). The lowest BCUT2D eigenvalue weighted by molar-refractivity contribution is -0.129. The van der Waals surface area contributed by atoms with E-state index in [0.29, 0.717) is 11.6 Å². The highest BCUT2D eigenvalue weighted by atomic mass is 32.1. The average molecular weight is 282 g/mol. The van der Waals surface area contributed by atoms with Crippen molar-refractivity contribution in [3.05, 3.63) is 29.3 Å². The predicted octanol–water partition coefficient (Wildman–Crippen LogP) is 1.72. The third-order valence-electron chi connectivity index (χ3n) is 2.59. The molecule has 18 heavy (non-hydrogen) atoms. The number of carbonyl (C=O) groups excluding carboxylic acids is 1. The zero-order valence-corrected chi connectivity index (χ0v) is 11.6. The molecule has 0 fully saturated rings. The summed E-state index contributed by atoms with van der Waals surface area (Å²) in [7, 11) is 1.65. The molecule has 1 aromatic heterocycles. The van der Waals surface area contributed by atoms with E-state index in [4.69, 9.17) is 5.11 Å². The van der Waals surface area contributed by atoms with E-state index in [9.17, 15) is 4.79 Å². The molecule has 0 bridgehead atoms. The maximum absolute atomic E-state index is 12.0. The van der Waals surface area contributed by atoms with Crippen LogP contribution in [0.25, 0.3) is 10.2 Å². The first-order valence-electron chi connectivity index (χ1n) is 5.53. The Bertz CT molecular complexity index is 523. The molecule has 0 saturated carbocycles. The molecule has 0 aliphatic heterocycles. The van der Waals surface area contributed by atoms with Crippen molar-refractivity contribution in [1.82, 2.24) is 9.88 Å². The van der Waals surface area contributed by atoms with Gasteiger partial charge in [0.05, 0.1) is 16.8 Å². The number of hydrogen-bond acceptors (Lipinski definition) is 5. The van der Waals surface area contributed by atoms with Gasteiger partial charge >= 0.3 is 0 Å². The molecule has 1 aromatic carbocycles. The Morgan fingerprint density at radius 2 is 2.28 bits per heavy atom. The van der Waals surface area contributed by atoms with Crippen molar-refractivity contribution in [3.63, 3.8) is 0 Å². The molecule has 1 amide bonds. The quantitative estimate of drug-likeness (QED) is 0.840. The molecule has 1 atom stereocenters. The number of para-hydroxylation sites is 1. The van der Waals surface area contributed by atoms with Crippen molar-refractivity contribution in [1.29, 1.82) is 0 Å². The van der Waals surface area contributed by atoms with E-state index < -0.39 is 5.25 Å². The van der Waals surface area contributed by atoms with Crippen LogP contribution in [0.15, 0.2) is 24.3 Å². The number of hydrogen-bond donors (Lipinski definition) is 2. The molecule has 0 radical (unpaired) electrons. The van der Waals surface area contributed by atoms with Crippen molar-refractivity contribution < 1.29 is 9.90 Å². The molecule has 0 aliphatic carbocycles. The predicted molar refractivity (Wildman–Crippen MR) is 76.1 cm³/mol. The SMILES string of the molecule is CN(CCO)C(=O)C(S)c1nc2ccccc2s1. The molecule has 4 nitrogen and oxygen atoms in total. The van der Waals surface area contributed by atoms with Crippen LogP contribution < -0.4 is 0 Å². The van der Waals surface area contributed by atoms with Gasteiger partial charge in [0.25, 0.3) is 0 Å². The van der Waals surface area contributed by atoms with Gasteiger partial charge < -0.3 is 10.0 Å². The minimum absolute atomic E-state index is 0.0530. The summed E-state index contributed by atoms with van der Waals surface area (Å²) in [4.78, 5) is 17.9. The molecule has 1 N–H and O–H groups in total. The number of fused-ring (bicyclic) bond motifs is 1. The second kappa shape index (κ2) is 5.69. The van der Waals surface area contributed by atoms with E-state index >= 15 is 0 Å². The van der Waals surface area contributed by atoms with Crippen LogP contribution in [0.1, 0.15) is 10.3 Å². The lowest BCUT2D eigenvalue weighted by Gasteiger charge is -2.18. The number of aliphatic hydroxyl groups excluding tert-OH is 1. The largest absolute Gasteiger partial charge is 0.395 e. The lowest BCUT2D eigenvalue weighted by Crippen LogP contribution is -2.32. The summed E-state index contributed by atoms with van der Waals surface area (Å²) in [5, 5.41) is 8.94. The molecular weight excluding hydrogens is 268 g/mol. The second-order valence-corrected chi connectivity index (χ2v) is 5.48. The number of carbonyl (C=O) groups is 1. The molecule has 96 valence electrons. The van der Waals surface area contributed by atoms with Crippen LogP contribution in [0.5, 0.6) is 0 Å². The highest BCUT2D eigenvalue weighted by molar-refractivity contribution is 7.81. The lowest BCUT2D eigenvalue weighted by atomic mass is 10.3. The molecule has 1 unspecified atom stereocenters. The first-order chi connectivity index (χ1) is 8.63. The summed E-state index contributed by atoms with van der Waals surface area (Å²) < 4.78 is 1.05. The standard InChI is InChI=1S/C12H14N2O2S2/c1-14(6-7-15)12(16)10(17)11-13-8-4-2-3-5-9(8)18-11/h2-5,10,15,17H,6-7H2,1H3. The normalized spacial score (nSPS) is 12.6. The number of aromatic nitrogens is 1. The van der Waals surface area contributed by atoms with Crippen LogP contribution in [0, 0.1) is 0 Å². The van der Waals surface area contributed by atoms with Gasteiger partial charge in [0.15, 0.2) is 0 Å². The summed E-state index contributed by atoms with van der Waals surface area (Å²) in [5.74, 6) is -0.147. The smallest absolute Gasteiger partial charge is 0.242 e. The van der Waals surface area contributed by atoms with Gasteiger partial charge in [0.2, 0.25) is 5.91 Å². The van der Waals surface area contributed by atoms with Gasteiger partial charge in [0.1, 0.15) is 10.3 Å². The second-order valence-electron chi connectivity index (χ2n) is 3.91. The molecule has 2 aromatic rings. The van der Waals surface area contributed by atoms with Crippen LogP contribution in [0.2, 0.25) is 0 Å². The fourth-order valence-electron chi connectivity index (χ4n) is 1.58. The molecular formula is C12H14N2O2S2. The van der Waals surface area contributed by atoms with E-state index in [1.807, 2.05) is 24.3 Å². The molecule has 0 saturated heterocycles. The first kappa shape index (κ1) is 13.3. The van der Waals surface area contributed by atoms with Crippen LogP contribution in [0.3, 0.4) is 0 Å². The van der Waals surface area contributed by atoms with Gasteiger partial charge in [0, 0.05) is 13.6 Å². The van der Waals surface area contributed by atoms with Gasteiger partial charge in [-0.3, -0.25) is 4.79 Å². The number of nitrogens with zero attached hydrogens (tertiary/aromatic N) is 2. The van der Waals surface area contributed by atoms with E-state index in [1.54, 1.807) is 7.05 Å². The average Bonchev–Trinajstić information content (AvgIpc) is 2.81. The fourth-order valence-corrected chi connectivity index (χ4v) is 2.94. The minimum atomic E-state index is -0.570. The van der Waals surface area contributed by atoms with Gasteiger partial charge in [-0.2, -0.15) is 12.6 Å². The van der Waals surface area contributed by atoms with E-state index in [1.165, 1.54) is 16.2 Å². The maximum Gasteiger partial charge on any atom is 0.242 e. The molecule has 0 spiro atoms. The molecule has 6 heteroatoms. The number of rotatable bonds is 4. The Kier molecular flexibility index (Phi) is 4.21. The van der Waals surface area contributed by atoms with Gasteiger partial charge in [-0.15, -0.1) is 11.3 Å². The van der Waals surface area contributed by atoms with Gasteiger partial charge in [-0.05, 0) is 12.1 Å². The third-order valence-corrected chi connectivity index (χ3v) is 4.33. The fraction of sp³-hybridized carbons (Fsp3) is 0.333. The van der Waals surface area contributed by atoms with Crippen molar-refractivity contribution in [2.24, 2.45) is 0 Å². The highest BCUT2D eigenvalue weighted by Gasteiger charge is 2.23. The van der Waals surface area contributed by atoms with E-state index in [-0.39, 0.29) is 12.5 Å². The number of likely N-dealkylation sites (N-methyl/N-ethyl adjacent to an activating group) is 1. The van der Waals surface area contributed by atoms with Gasteiger partial charge in [-0.1, -0.05) is 12.1 Å². The molecule has 0 aliphatic rings. The van der Waals surface area contributed by atoms with Crippen LogP contribution >= 0.6 is 24.0 Å². The number of thiazole rings is 1. The van der Waals surface area contributed by atoms with Crippen molar-refractivity contribution >= 4 is 40.1 Å². The Labute approximate surface area is 115 Å². The maximum atomic E-state index is 12.0. The number of amides is 1. The zero-order chi connectivity index (χ0) is 13.1. The number of thiol groups is 1. The minimum Gasteiger partial charge on any atom is -0.395 e. The number of benzene rings is 1. The zero-order valence-electron chi connectivity index (χ0n) is 9.91. The van der Waals surface area contributed by atoms with Gasteiger partial charge in [-0.25, -0.2) is 4.98 Å². The first-order valence-corrected chi connectivity index (χ1v) is 6.86. The summed E-state index contributed by atoms with van der Waals surface area (Å²) in [6.45, 7) is 0.253. The van der Waals surface area contributed by atoms with Crippen LogP contribution in [-0.4, -0.2) is 41.1 Å². The van der Waals surface area contributed by atoms with Crippen LogP contribution in [-0.2, 0) is 4.79 Å². The van der Waals surface area contributed by atoms with Crippen molar-refractivity contribution in [2.45, 2.75) is 5.25 Å². The van der Waals surface area contributed by atoms with E-state index in [0.717, 1.165) is 10.2 Å². The Hall–Kier alpha value is -1.11. The molecule has 1 heterocycles. The summed E-state index contributed by atoms with van der Waals surface area (Å²) in [6, 6.07) is 7.74. The Morgan fingerprint density at radius 1 is 1.56 bits per heavy atom. The summed E-state index contributed by atoms with van der Waals surface area (Å²) >= 11 is 5.80. The Balaban J connectivity index is 2.22. The van der Waals surface area contributed by atoms with E-state index in [2.05, 4.69) is 17.6 Å². The summed E-state index contributed by atoms with van der Waals surface area (Å²) in [6.07, 6.45) is 0. The van der Waals surface area contributed by atoms with Crippen LogP contribution in [0.4, 0.5) is 0 Å². The Morgan fingerprint density at radius 3 is 2.94 bits per heavy atom. The third kappa shape index (κ3) is 2.66. The number of aliphatic hydroxyl groups is 1. The van der Waals surface area contributed by atoms with Crippen molar-refractivity contribution in [3.8, 4) is 0 Å². The monoisotopic (exact) mass is 282 g/mol. The topological polar surface area (TPSA) is 53.4 Å². The van der Waals surface area contributed by atoms with Crippen molar-refractivity contribution in [2.75, 3.05) is 20.2 Å².